The summed E-state index contributed by atoms with van der Waals surface area (Å²) in [5, 5.41) is 0. The second-order valence-electron chi connectivity index (χ2n) is 3.57. The molecular weight excluding hydrogens is 224 g/mol. The van der Waals surface area contributed by atoms with Crippen molar-refractivity contribution in [3.63, 3.8) is 0 Å². The van der Waals surface area contributed by atoms with Gasteiger partial charge >= 0.3 is 99.5 Å². The van der Waals surface area contributed by atoms with E-state index < -0.39 is 0 Å². The predicted molar refractivity (Wildman–Crippen MR) is 58.5 cm³/mol. The third-order valence-electron chi connectivity index (χ3n) is 2.26. The molecule has 0 N–H and O–H groups in total. The number of ether oxygens (including phenoxy) is 2. The van der Waals surface area contributed by atoms with Crippen LogP contribution in [0.3, 0.4) is 0 Å². The first-order chi connectivity index (χ1) is 6.93. The van der Waals surface area contributed by atoms with Gasteiger partial charge in [-0.3, -0.25) is 0 Å². The van der Waals surface area contributed by atoms with Crippen LogP contribution in [0.1, 0.15) is 32.1 Å². The van der Waals surface area contributed by atoms with Crippen LogP contribution in [0.4, 0.5) is 0 Å². The van der Waals surface area contributed by atoms with Gasteiger partial charge in [0.1, 0.15) is 0 Å². The topological polar surface area (TPSA) is 18.5 Å². The van der Waals surface area contributed by atoms with Crippen molar-refractivity contribution >= 4 is 21.7 Å². The first-order valence-electron chi connectivity index (χ1n) is 5.61. The maximum absolute atomic E-state index is 5.59. The van der Waals surface area contributed by atoms with Gasteiger partial charge in [-0.05, 0) is 0 Å². The van der Waals surface area contributed by atoms with E-state index >= 15 is 0 Å². The molecule has 15 heavy (non-hydrogen) atoms. The van der Waals surface area contributed by atoms with Crippen LogP contribution in [-0.4, -0.2) is 41.2 Å². The van der Waals surface area contributed by atoms with E-state index in [0.717, 1.165) is 26.1 Å². The Hall–Kier alpha value is 0.716. The van der Waals surface area contributed by atoms with E-state index in [1.807, 2.05) is 21.7 Å². The number of allylic oxidation sites excluding steroid dienone is 1. The van der Waals surface area contributed by atoms with Crippen molar-refractivity contribution in [3.05, 3.63) is 12.2 Å². The van der Waals surface area contributed by atoms with Crippen molar-refractivity contribution in [3.8, 4) is 0 Å². The van der Waals surface area contributed by atoms with Crippen LogP contribution in [0.25, 0.3) is 0 Å². The summed E-state index contributed by atoms with van der Waals surface area (Å²) >= 11 is 2.02. The van der Waals surface area contributed by atoms with Gasteiger partial charge in [-0.25, -0.2) is 0 Å². The molecule has 1 heterocycles. The molecular formula is C11H19ClMgO2. The van der Waals surface area contributed by atoms with E-state index in [9.17, 15) is 0 Å². The number of rotatable bonds is 6. The molecule has 0 aromatic carbocycles. The number of hydrogen-bond donors (Lipinski definition) is 0. The SMILES string of the molecule is [Cl-].[Mg+][CH2]C/C=C\CCOC1CCCCO1. The first kappa shape index (κ1) is 15.7. The average molecular weight is 243 g/mol. The Morgan fingerprint density at radius 1 is 1.27 bits per heavy atom. The van der Waals surface area contributed by atoms with Crippen molar-refractivity contribution in [1.82, 2.24) is 0 Å². The third kappa shape index (κ3) is 8.52. The fourth-order valence-electron chi connectivity index (χ4n) is 1.46. The van der Waals surface area contributed by atoms with Crippen LogP contribution in [0, 0.1) is 0 Å². The maximum atomic E-state index is 5.59. The monoisotopic (exact) mass is 242 g/mol. The van der Waals surface area contributed by atoms with Gasteiger partial charge in [0.2, 0.25) is 0 Å². The van der Waals surface area contributed by atoms with Crippen LogP contribution in [0.5, 0.6) is 0 Å². The van der Waals surface area contributed by atoms with Crippen molar-refractivity contribution < 1.29 is 21.9 Å². The molecule has 4 heteroatoms. The summed E-state index contributed by atoms with van der Waals surface area (Å²) in [6, 6.07) is 0. The molecule has 1 aliphatic rings. The van der Waals surface area contributed by atoms with Gasteiger partial charge in [0.05, 0.1) is 0 Å². The summed E-state index contributed by atoms with van der Waals surface area (Å²) in [6.07, 6.45) is 10.2. The van der Waals surface area contributed by atoms with Gasteiger partial charge in [0.15, 0.2) is 0 Å². The Morgan fingerprint density at radius 2 is 2.07 bits per heavy atom. The molecule has 1 unspecified atom stereocenters. The average Bonchev–Trinajstić information content (AvgIpc) is 2.25. The molecule has 0 radical (unpaired) electrons. The zero-order chi connectivity index (χ0) is 10.1. The van der Waals surface area contributed by atoms with E-state index in [1.165, 1.54) is 23.8 Å². The Kier molecular flexibility index (Phi) is 11.7. The molecule has 1 aliphatic heterocycles. The van der Waals surface area contributed by atoms with Crippen LogP contribution in [0.2, 0.25) is 4.55 Å². The Morgan fingerprint density at radius 3 is 2.73 bits per heavy atom. The van der Waals surface area contributed by atoms with Gasteiger partial charge < -0.3 is 12.4 Å². The molecule has 1 rings (SSSR count). The second-order valence-corrected chi connectivity index (χ2v) is 4.28. The molecule has 1 atom stereocenters. The van der Waals surface area contributed by atoms with Gasteiger partial charge in [-0.2, -0.15) is 0 Å². The molecule has 2 nitrogen and oxygen atoms in total. The minimum atomic E-state index is 0. The first-order valence-corrected chi connectivity index (χ1v) is 6.61. The van der Waals surface area contributed by atoms with Crippen molar-refractivity contribution in [2.45, 2.75) is 42.9 Å². The number of halogens is 1. The molecule has 0 bridgehead atoms. The molecule has 0 aliphatic carbocycles. The Bertz CT molecular complexity index is 159. The van der Waals surface area contributed by atoms with Crippen LogP contribution < -0.4 is 12.4 Å². The molecule has 0 saturated carbocycles. The zero-order valence-corrected chi connectivity index (χ0v) is 11.5. The third-order valence-corrected chi connectivity index (χ3v) is 2.67. The van der Waals surface area contributed by atoms with Crippen molar-refractivity contribution in [2.24, 2.45) is 0 Å². The molecule has 0 aromatic heterocycles. The molecule has 0 aromatic rings. The van der Waals surface area contributed by atoms with E-state index in [1.54, 1.807) is 0 Å². The van der Waals surface area contributed by atoms with Crippen LogP contribution in [0.15, 0.2) is 12.2 Å². The minimum absolute atomic E-state index is 0. The standard InChI is InChI=1S/C11H19O2.ClH.Mg/c1-2-3-4-6-9-12-11-8-5-7-10-13-11;;/h3-4,11H,1-2,5-10H2;1H;/q;;+1/p-1/b4-3-;;. The van der Waals surface area contributed by atoms with Gasteiger partial charge in [-0.15, -0.1) is 0 Å². The summed E-state index contributed by atoms with van der Waals surface area (Å²) < 4.78 is 12.3. The van der Waals surface area contributed by atoms with Crippen LogP contribution >= 0.6 is 0 Å². The van der Waals surface area contributed by atoms with E-state index in [4.69, 9.17) is 9.47 Å². The fourth-order valence-corrected chi connectivity index (χ4v) is 1.70. The van der Waals surface area contributed by atoms with Gasteiger partial charge in [-0.1, -0.05) is 0 Å². The Balaban J connectivity index is 0.00000196. The van der Waals surface area contributed by atoms with E-state index in [0.29, 0.717) is 0 Å². The summed E-state index contributed by atoms with van der Waals surface area (Å²) in [6.45, 7) is 1.67. The normalized spacial score (nSPS) is 21.6. The zero-order valence-electron chi connectivity index (χ0n) is 9.29. The van der Waals surface area contributed by atoms with Crippen molar-refractivity contribution in [1.29, 1.82) is 0 Å². The summed E-state index contributed by atoms with van der Waals surface area (Å²) in [5.41, 5.74) is 0. The molecule has 0 amide bonds. The second kappa shape index (κ2) is 11.2. The predicted octanol–water partition coefficient (Wildman–Crippen LogP) is -0.543. The molecule has 1 fully saturated rings. The summed E-state index contributed by atoms with van der Waals surface area (Å²) in [5.74, 6) is 0. The van der Waals surface area contributed by atoms with Gasteiger partial charge in [0.25, 0.3) is 0 Å². The Labute approximate surface area is 112 Å². The van der Waals surface area contributed by atoms with E-state index in [-0.39, 0.29) is 18.7 Å². The van der Waals surface area contributed by atoms with Crippen molar-refractivity contribution in [2.75, 3.05) is 13.2 Å². The van der Waals surface area contributed by atoms with E-state index in [2.05, 4.69) is 12.2 Å². The van der Waals surface area contributed by atoms with Crippen LogP contribution in [-0.2, 0) is 9.47 Å². The molecule has 1 saturated heterocycles. The summed E-state index contributed by atoms with van der Waals surface area (Å²) in [4.78, 5) is 0. The van der Waals surface area contributed by atoms with Gasteiger partial charge in [0, 0.05) is 0 Å². The quantitative estimate of drug-likeness (QED) is 0.354. The fraction of sp³-hybridized carbons (Fsp3) is 0.818. The number of hydrogen-bond acceptors (Lipinski definition) is 2. The molecule has 84 valence electrons. The molecule has 0 spiro atoms. The summed E-state index contributed by atoms with van der Waals surface area (Å²) in [7, 11) is 0.